The molecule has 0 bridgehead atoms. The lowest BCUT2D eigenvalue weighted by molar-refractivity contribution is 0.454. The van der Waals surface area contributed by atoms with Crippen LogP contribution in [-0.2, 0) is 0 Å². The summed E-state index contributed by atoms with van der Waals surface area (Å²) >= 11 is 0. The molecule has 0 fully saturated rings. The highest BCUT2D eigenvalue weighted by Gasteiger charge is 2.16. The highest BCUT2D eigenvalue weighted by atomic mass is 16.5. The first-order valence-electron chi connectivity index (χ1n) is 8.65. The minimum Gasteiger partial charge on any atom is -0.537 e. The molecule has 0 amide bonds. The molecule has 127 valence electrons. The molecule has 0 aliphatic rings. The number of furan rings is 2. The second-order valence-corrected chi connectivity index (χ2v) is 6.60. The highest BCUT2D eigenvalue weighted by Crippen LogP contribution is 2.39. The van der Waals surface area contributed by atoms with Crippen LogP contribution in [0.25, 0.3) is 54.6 Å². The number of fused-ring (bicyclic) bond motifs is 8. The minimum atomic E-state index is 0.580. The molecule has 0 spiro atoms. The molecule has 6 rings (SSSR count). The van der Waals surface area contributed by atoms with Crippen molar-refractivity contribution in [1.82, 2.24) is 0 Å². The second kappa shape index (κ2) is 5.28. The Morgan fingerprint density at radius 3 is 2.30 bits per heavy atom. The van der Waals surface area contributed by atoms with Crippen LogP contribution in [0.2, 0.25) is 0 Å². The molecule has 6 aromatic rings. The third-order valence-corrected chi connectivity index (χ3v) is 5.10. The molecule has 4 aromatic carbocycles. The first-order valence-corrected chi connectivity index (χ1v) is 8.65. The van der Waals surface area contributed by atoms with E-state index in [9.17, 15) is 0 Å². The van der Waals surface area contributed by atoms with Crippen LogP contribution < -0.4 is 4.65 Å². The van der Waals surface area contributed by atoms with Gasteiger partial charge >= 0.3 is 7.69 Å². The van der Waals surface area contributed by atoms with Gasteiger partial charge in [0.05, 0.1) is 0 Å². The summed E-state index contributed by atoms with van der Waals surface area (Å²) in [6, 6.07) is 21.9. The number of rotatable bonds is 2. The summed E-state index contributed by atoms with van der Waals surface area (Å²) in [5.41, 5.74) is 3.20. The van der Waals surface area contributed by atoms with Crippen LogP contribution in [0.5, 0.6) is 5.75 Å². The number of hydrogen-bond acceptors (Lipinski definition) is 4. The maximum absolute atomic E-state index is 8.86. The van der Waals surface area contributed by atoms with Crippen LogP contribution in [0.4, 0.5) is 0 Å². The number of benzene rings is 4. The third kappa shape index (κ3) is 2.03. The Hall–Kier alpha value is -3.44. The van der Waals surface area contributed by atoms with Crippen LogP contribution in [0, 0.1) is 0 Å². The van der Waals surface area contributed by atoms with Gasteiger partial charge in [-0.3, -0.25) is 0 Å². The van der Waals surface area contributed by atoms with Gasteiger partial charge in [-0.25, -0.2) is 0 Å². The van der Waals surface area contributed by atoms with E-state index in [-0.39, 0.29) is 0 Å². The first-order chi connectivity index (χ1) is 13.3. The van der Waals surface area contributed by atoms with Crippen LogP contribution in [0.1, 0.15) is 0 Å². The summed E-state index contributed by atoms with van der Waals surface area (Å²) in [4.78, 5) is 0. The van der Waals surface area contributed by atoms with Crippen molar-refractivity contribution in [2.75, 3.05) is 0 Å². The Balaban J connectivity index is 1.71. The number of hydrogen-bond donors (Lipinski definition) is 1. The average molecular weight is 351 g/mol. The van der Waals surface area contributed by atoms with Crippen molar-refractivity contribution in [2.45, 2.75) is 0 Å². The fourth-order valence-electron chi connectivity index (χ4n) is 3.87. The molecular weight excluding hydrogens is 339 g/mol. The lowest BCUT2D eigenvalue weighted by Gasteiger charge is -2.03. The maximum atomic E-state index is 8.86. The zero-order valence-electron chi connectivity index (χ0n) is 14.1. The molecule has 27 heavy (non-hydrogen) atoms. The van der Waals surface area contributed by atoms with Crippen LogP contribution in [0.15, 0.2) is 75.6 Å². The average Bonchev–Trinajstić information content (AvgIpc) is 3.24. The quantitative estimate of drug-likeness (QED) is 0.416. The van der Waals surface area contributed by atoms with Gasteiger partial charge < -0.3 is 18.5 Å². The Kier molecular flexibility index (Phi) is 2.88. The van der Waals surface area contributed by atoms with Gasteiger partial charge in [0.25, 0.3) is 0 Å². The first kappa shape index (κ1) is 14.7. The Morgan fingerprint density at radius 2 is 1.44 bits per heavy atom. The van der Waals surface area contributed by atoms with Crippen LogP contribution >= 0.6 is 0 Å². The standard InChI is InChI=1S/C22H12BO4/c24-23-27-14-6-5-12-11-20-18(10-13(12)9-14)17-8-7-16-15-3-1-2-4-19(15)25-21(16)22(17)26-20/h1-11,24H. The summed E-state index contributed by atoms with van der Waals surface area (Å²) < 4.78 is 17.4. The summed E-state index contributed by atoms with van der Waals surface area (Å²) in [7, 11) is 0.686. The number of para-hydroxylation sites is 1. The van der Waals surface area contributed by atoms with Gasteiger partial charge in [0.2, 0.25) is 0 Å². The van der Waals surface area contributed by atoms with Gasteiger partial charge in [-0.1, -0.05) is 24.3 Å². The van der Waals surface area contributed by atoms with E-state index in [1.165, 1.54) is 0 Å². The molecule has 4 nitrogen and oxygen atoms in total. The summed E-state index contributed by atoms with van der Waals surface area (Å²) in [6.45, 7) is 0. The molecule has 0 aliphatic heterocycles. The summed E-state index contributed by atoms with van der Waals surface area (Å²) in [5, 5.41) is 15.1. The molecule has 0 saturated carbocycles. The van der Waals surface area contributed by atoms with Crippen molar-refractivity contribution in [3.8, 4) is 5.75 Å². The van der Waals surface area contributed by atoms with Crippen LogP contribution in [-0.4, -0.2) is 12.7 Å². The van der Waals surface area contributed by atoms with E-state index in [1.54, 1.807) is 6.07 Å². The molecule has 5 heteroatoms. The molecule has 0 unspecified atom stereocenters. The lowest BCUT2D eigenvalue weighted by Crippen LogP contribution is -1.99. The molecule has 1 N–H and O–H groups in total. The smallest absolute Gasteiger partial charge is 0.537 e. The molecule has 0 aliphatic carbocycles. The van der Waals surface area contributed by atoms with Crippen molar-refractivity contribution in [3.05, 3.63) is 66.7 Å². The maximum Gasteiger partial charge on any atom is 0.569 e. The predicted octanol–water partition coefficient (Wildman–Crippen LogP) is 5.54. The fourth-order valence-corrected chi connectivity index (χ4v) is 3.87. The normalized spacial score (nSPS) is 11.9. The lowest BCUT2D eigenvalue weighted by atomic mass is 10.0. The van der Waals surface area contributed by atoms with Crippen molar-refractivity contribution in [2.24, 2.45) is 0 Å². The Labute approximate surface area is 153 Å². The Bertz CT molecular complexity index is 1490. The second-order valence-electron chi connectivity index (χ2n) is 6.60. The monoisotopic (exact) mass is 351 g/mol. The van der Waals surface area contributed by atoms with Gasteiger partial charge in [-0.05, 0) is 53.2 Å². The van der Waals surface area contributed by atoms with E-state index in [0.717, 1.165) is 54.6 Å². The zero-order chi connectivity index (χ0) is 18.0. The van der Waals surface area contributed by atoms with Crippen LogP contribution in [0.3, 0.4) is 0 Å². The topological polar surface area (TPSA) is 55.7 Å². The molecular formula is C22H12BO4. The predicted molar refractivity (Wildman–Crippen MR) is 107 cm³/mol. The largest absolute Gasteiger partial charge is 0.569 e. The van der Waals surface area contributed by atoms with Crippen molar-refractivity contribution >= 4 is 62.3 Å². The molecule has 0 atom stereocenters. The van der Waals surface area contributed by atoms with E-state index >= 15 is 0 Å². The van der Waals surface area contributed by atoms with Gasteiger partial charge in [-0.15, -0.1) is 0 Å². The van der Waals surface area contributed by atoms with E-state index in [2.05, 4.69) is 24.3 Å². The van der Waals surface area contributed by atoms with Gasteiger partial charge in [0, 0.05) is 21.5 Å². The van der Waals surface area contributed by atoms with E-state index in [1.807, 2.05) is 36.4 Å². The zero-order valence-corrected chi connectivity index (χ0v) is 14.1. The van der Waals surface area contributed by atoms with E-state index in [4.69, 9.17) is 18.5 Å². The SMILES string of the molecule is O[B]Oc1ccc2cc3oc4c(ccc5c6ccccc6oc54)c3cc2c1. The van der Waals surface area contributed by atoms with E-state index in [0.29, 0.717) is 13.4 Å². The minimum absolute atomic E-state index is 0.580. The van der Waals surface area contributed by atoms with Gasteiger partial charge in [0.1, 0.15) is 16.9 Å². The Morgan fingerprint density at radius 1 is 0.667 bits per heavy atom. The highest BCUT2D eigenvalue weighted by molar-refractivity contribution is 6.20. The van der Waals surface area contributed by atoms with Gasteiger partial charge in [-0.2, -0.15) is 0 Å². The molecule has 2 heterocycles. The molecule has 2 aromatic heterocycles. The van der Waals surface area contributed by atoms with E-state index < -0.39 is 0 Å². The van der Waals surface area contributed by atoms with Crippen molar-refractivity contribution in [1.29, 1.82) is 0 Å². The third-order valence-electron chi connectivity index (χ3n) is 5.10. The molecule has 1 radical (unpaired) electrons. The summed E-state index contributed by atoms with van der Waals surface area (Å²) in [6.07, 6.45) is 0. The fraction of sp³-hybridized carbons (Fsp3) is 0. The summed E-state index contributed by atoms with van der Waals surface area (Å²) in [5.74, 6) is 0.580. The molecule has 0 saturated heterocycles. The van der Waals surface area contributed by atoms with Crippen molar-refractivity contribution < 1.29 is 18.5 Å². The van der Waals surface area contributed by atoms with Crippen molar-refractivity contribution in [3.63, 3.8) is 0 Å². The van der Waals surface area contributed by atoms with Gasteiger partial charge in [0.15, 0.2) is 11.2 Å².